The second-order valence-corrected chi connectivity index (χ2v) is 7.00. The fourth-order valence-corrected chi connectivity index (χ4v) is 3.76. The first-order valence-electron chi connectivity index (χ1n) is 9.12. The average Bonchev–Trinajstić information content (AvgIpc) is 3.00. The molecule has 3 heterocycles. The number of likely N-dealkylation sites (N-methyl/N-ethyl adjacent to an activating group) is 1. The van der Waals surface area contributed by atoms with Crippen molar-refractivity contribution in [1.82, 2.24) is 14.8 Å². The summed E-state index contributed by atoms with van der Waals surface area (Å²) in [5, 5.41) is 2.90. The number of fused-ring (bicyclic) bond motifs is 2. The summed E-state index contributed by atoms with van der Waals surface area (Å²) in [5.74, 6) is 1.27. The normalized spacial score (nSPS) is 21.7. The highest BCUT2D eigenvalue weighted by Crippen LogP contribution is 2.31. The van der Waals surface area contributed by atoms with Crippen LogP contribution in [0.2, 0.25) is 0 Å². The van der Waals surface area contributed by atoms with Gasteiger partial charge in [0, 0.05) is 32.1 Å². The first-order chi connectivity index (χ1) is 13.1. The van der Waals surface area contributed by atoms with E-state index in [0.29, 0.717) is 30.3 Å². The molecule has 2 aliphatic heterocycles. The fraction of sp³-hybridized carbons (Fsp3) is 0.350. The highest BCUT2D eigenvalue weighted by molar-refractivity contribution is 5.90. The Morgan fingerprint density at radius 2 is 1.93 bits per heavy atom. The summed E-state index contributed by atoms with van der Waals surface area (Å²) < 4.78 is 5.66. The van der Waals surface area contributed by atoms with Crippen molar-refractivity contribution in [3.8, 4) is 11.6 Å². The second-order valence-electron chi connectivity index (χ2n) is 7.00. The van der Waals surface area contributed by atoms with Gasteiger partial charge in [-0.3, -0.25) is 4.79 Å². The molecular weight excluding hydrogens is 344 g/mol. The molecule has 2 aliphatic rings. The molecule has 140 valence electrons. The highest BCUT2D eigenvalue weighted by atomic mass is 16.5. The van der Waals surface area contributed by atoms with Gasteiger partial charge in [-0.05, 0) is 31.0 Å². The monoisotopic (exact) mass is 366 g/mol. The molecule has 7 heteroatoms. The molecule has 1 aromatic carbocycles. The van der Waals surface area contributed by atoms with Gasteiger partial charge in [-0.25, -0.2) is 9.78 Å². The van der Waals surface area contributed by atoms with Gasteiger partial charge in [-0.1, -0.05) is 18.2 Å². The van der Waals surface area contributed by atoms with Gasteiger partial charge in [-0.2, -0.15) is 0 Å². The van der Waals surface area contributed by atoms with Crippen LogP contribution in [0.4, 0.5) is 10.5 Å². The van der Waals surface area contributed by atoms with Crippen LogP contribution in [0.5, 0.6) is 11.6 Å². The molecule has 7 nitrogen and oxygen atoms in total. The van der Waals surface area contributed by atoms with E-state index < -0.39 is 0 Å². The summed E-state index contributed by atoms with van der Waals surface area (Å²) in [6.45, 7) is 0.588. The number of benzene rings is 1. The van der Waals surface area contributed by atoms with Crippen LogP contribution < -0.4 is 10.1 Å². The molecule has 2 saturated heterocycles. The van der Waals surface area contributed by atoms with Crippen molar-refractivity contribution < 1.29 is 14.3 Å². The number of nitrogens with zero attached hydrogens (tertiary/aromatic N) is 3. The zero-order valence-corrected chi connectivity index (χ0v) is 15.2. The minimum absolute atomic E-state index is 0.0268. The Kier molecular flexibility index (Phi) is 4.66. The molecule has 4 rings (SSSR count). The number of ether oxygens (including phenoxy) is 1. The van der Waals surface area contributed by atoms with Gasteiger partial charge in [0.15, 0.2) is 0 Å². The predicted octanol–water partition coefficient (Wildman–Crippen LogP) is 3.10. The molecular formula is C20H22N4O3. The van der Waals surface area contributed by atoms with Crippen molar-refractivity contribution in [2.24, 2.45) is 0 Å². The van der Waals surface area contributed by atoms with Crippen molar-refractivity contribution in [3.05, 3.63) is 48.7 Å². The number of hydrogen-bond acceptors (Lipinski definition) is 4. The molecule has 0 radical (unpaired) electrons. The lowest BCUT2D eigenvalue weighted by Crippen LogP contribution is -2.45. The van der Waals surface area contributed by atoms with Crippen LogP contribution in [0.1, 0.15) is 19.3 Å². The number of aromatic nitrogens is 1. The van der Waals surface area contributed by atoms with Crippen LogP contribution in [0.15, 0.2) is 48.7 Å². The summed E-state index contributed by atoms with van der Waals surface area (Å²) in [6, 6.07) is 12.8. The van der Waals surface area contributed by atoms with Crippen molar-refractivity contribution >= 4 is 17.6 Å². The smallest absolute Gasteiger partial charge is 0.322 e. The zero-order valence-electron chi connectivity index (χ0n) is 15.2. The van der Waals surface area contributed by atoms with Crippen LogP contribution in [-0.4, -0.2) is 52.4 Å². The van der Waals surface area contributed by atoms with Crippen LogP contribution in [0, 0.1) is 0 Å². The third-order valence-electron chi connectivity index (χ3n) is 5.13. The molecule has 1 N–H and O–H groups in total. The summed E-state index contributed by atoms with van der Waals surface area (Å²) in [4.78, 5) is 32.7. The number of amides is 3. The van der Waals surface area contributed by atoms with E-state index in [-0.39, 0.29) is 24.0 Å². The Balaban J connectivity index is 1.41. The molecule has 2 fully saturated rings. The molecule has 2 atom stereocenters. The Bertz CT molecular complexity index is 825. The molecule has 1 aromatic heterocycles. The lowest BCUT2D eigenvalue weighted by molar-refractivity contribution is -0.130. The van der Waals surface area contributed by atoms with Gasteiger partial charge in [0.2, 0.25) is 11.8 Å². The maximum atomic E-state index is 12.8. The summed E-state index contributed by atoms with van der Waals surface area (Å²) in [6.07, 6.45) is 3.77. The molecule has 2 aromatic rings. The fourth-order valence-electron chi connectivity index (χ4n) is 3.76. The largest absolute Gasteiger partial charge is 0.439 e. The molecule has 0 unspecified atom stereocenters. The number of hydrogen-bond donors (Lipinski definition) is 1. The first kappa shape index (κ1) is 17.3. The SMILES string of the molecule is CN1C[C@@H]2CC[C@H](CC1=O)N2C(=O)Nc1ccc(Oc2ccccc2)nc1. The van der Waals surface area contributed by atoms with Gasteiger partial charge < -0.3 is 19.9 Å². The number of likely N-dealkylation sites (tertiary alicyclic amines) is 1. The van der Waals surface area contributed by atoms with Crippen LogP contribution in [0.25, 0.3) is 0 Å². The minimum atomic E-state index is -0.177. The van der Waals surface area contributed by atoms with Crippen LogP contribution in [-0.2, 0) is 4.79 Å². The zero-order chi connectivity index (χ0) is 18.8. The van der Waals surface area contributed by atoms with E-state index in [1.807, 2.05) is 35.2 Å². The van der Waals surface area contributed by atoms with Gasteiger partial charge in [0.05, 0.1) is 17.9 Å². The van der Waals surface area contributed by atoms with E-state index in [1.54, 1.807) is 30.3 Å². The van der Waals surface area contributed by atoms with Crippen molar-refractivity contribution in [2.45, 2.75) is 31.3 Å². The predicted molar refractivity (Wildman–Crippen MR) is 101 cm³/mol. The average molecular weight is 366 g/mol. The first-order valence-corrected chi connectivity index (χ1v) is 9.12. The van der Waals surface area contributed by atoms with Crippen LogP contribution in [0.3, 0.4) is 0 Å². The number of nitrogens with one attached hydrogen (secondary N) is 1. The summed E-state index contributed by atoms with van der Waals surface area (Å²) >= 11 is 0. The third kappa shape index (κ3) is 3.72. The lowest BCUT2D eigenvalue weighted by Gasteiger charge is -2.28. The van der Waals surface area contributed by atoms with E-state index in [9.17, 15) is 9.59 Å². The van der Waals surface area contributed by atoms with E-state index >= 15 is 0 Å². The number of urea groups is 1. The van der Waals surface area contributed by atoms with Crippen LogP contribution >= 0.6 is 0 Å². The Hall–Kier alpha value is -3.09. The topological polar surface area (TPSA) is 74.8 Å². The maximum absolute atomic E-state index is 12.8. The van der Waals surface area contributed by atoms with Gasteiger partial charge >= 0.3 is 6.03 Å². The van der Waals surface area contributed by atoms with Gasteiger partial charge in [-0.15, -0.1) is 0 Å². The molecule has 27 heavy (non-hydrogen) atoms. The van der Waals surface area contributed by atoms with E-state index in [4.69, 9.17) is 4.74 Å². The molecule has 3 amide bonds. The van der Waals surface area contributed by atoms with Crippen molar-refractivity contribution in [1.29, 1.82) is 0 Å². The standard InChI is InChI=1S/C20H22N4O3/c1-23-13-16-9-8-15(11-19(23)25)24(16)20(26)22-14-7-10-18(21-12-14)27-17-5-3-2-4-6-17/h2-7,10,12,15-16H,8-9,11,13H2,1H3,(H,22,26)/t15-,16+/m1/s1. The third-order valence-corrected chi connectivity index (χ3v) is 5.13. The molecule has 0 spiro atoms. The van der Waals surface area contributed by atoms with Crippen molar-refractivity contribution in [3.63, 3.8) is 0 Å². The number of carbonyl (C=O) groups excluding carboxylic acids is 2. The molecule has 2 bridgehead atoms. The number of rotatable bonds is 3. The quantitative estimate of drug-likeness (QED) is 0.906. The van der Waals surface area contributed by atoms with E-state index in [1.165, 1.54) is 0 Å². The van der Waals surface area contributed by atoms with Gasteiger partial charge in [0.25, 0.3) is 0 Å². The van der Waals surface area contributed by atoms with Gasteiger partial charge in [0.1, 0.15) is 5.75 Å². The maximum Gasteiger partial charge on any atom is 0.322 e. The Labute approximate surface area is 157 Å². The summed E-state index contributed by atoms with van der Waals surface area (Å²) in [7, 11) is 1.80. The van der Waals surface area contributed by atoms with E-state index in [2.05, 4.69) is 10.3 Å². The van der Waals surface area contributed by atoms with Crippen molar-refractivity contribution in [2.75, 3.05) is 18.9 Å². The molecule has 0 aliphatic carbocycles. The number of anilines is 1. The number of carbonyl (C=O) groups is 2. The highest BCUT2D eigenvalue weighted by Gasteiger charge is 2.41. The summed E-state index contributed by atoms with van der Waals surface area (Å²) in [5.41, 5.74) is 0.601. The Morgan fingerprint density at radius 1 is 1.15 bits per heavy atom. The number of pyridine rings is 1. The number of para-hydroxylation sites is 1. The lowest BCUT2D eigenvalue weighted by atomic mass is 10.1. The minimum Gasteiger partial charge on any atom is -0.439 e. The second kappa shape index (κ2) is 7.26. The molecule has 0 saturated carbocycles. The van der Waals surface area contributed by atoms with E-state index in [0.717, 1.165) is 12.8 Å². The Morgan fingerprint density at radius 3 is 2.67 bits per heavy atom.